The minimum atomic E-state index is -4.28. The molecule has 1 nitrogen and oxygen atoms in total. The molecule has 0 aromatic heterocycles. The van der Waals surface area contributed by atoms with Gasteiger partial charge in [0.2, 0.25) is 0 Å². The van der Waals surface area contributed by atoms with E-state index >= 15 is 0 Å². The summed E-state index contributed by atoms with van der Waals surface area (Å²) in [6.45, 7) is 4.30. The van der Waals surface area contributed by atoms with Crippen LogP contribution in [0.3, 0.4) is 0 Å². The van der Waals surface area contributed by atoms with E-state index < -0.39 is 11.7 Å². The highest BCUT2D eigenvalue weighted by Gasteiger charge is 2.30. The molecule has 0 amide bonds. The first-order valence-corrected chi connectivity index (χ1v) is 5.23. The van der Waals surface area contributed by atoms with E-state index in [4.69, 9.17) is 5.73 Å². The lowest BCUT2D eigenvalue weighted by Crippen LogP contribution is -2.17. The molecule has 2 N–H and O–H groups in total. The second-order valence-corrected chi connectivity index (χ2v) is 4.12. The largest absolute Gasteiger partial charge is 0.416 e. The molecule has 1 aromatic rings. The van der Waals surface area contributed by atoms with Crippen LogP contribution in [0, 0.1) is 5.92 Å². The number of hydrogen-bond acceptors (Lipinski definition) is 1. The summed E-state index contributed by atoms with van der Waals surface area (Å²) in [4.78, 5) is 0. The fourth-order valence-corrected chi connectivity index (χ4v) is 1.53. The maximum Gasteiger partial charge on any atom is 0.416 e. The Bertz CT molecular complexity index is 346. The zero-order valence-corrected chi connectivity index (χ0v) is 9.38. The molecule has 0 saturated carbocycles. The third-order valence-electron chi connectivity index (χ3n) is 2.97. The number of hydrogen-bond donors (Lipinski definition) is 1. The lowest BCUT2D eigenvalue weighted by atomic mass is 9.88. The van der Waals surface area contributed by atoms with E-state index in [1.807, 2.05) is 13.8 Å². The predicted molar refractivity (Wildman–Crippen MR) is 58.1 cm³/mol. The summed E-state index contributed by atoms with van der Waals surface area (Å²) in [6.07, 6.45) is -4.28. The van der Waals surface area contributed by atoms with Gasteiger partial charge < -0.3 is 5.73 Å². The summed E-state index contributed by atoms with van der Waals surface area (Å²) in [5, 5.41) is 0. The maximum absolute atomic E-state index is 12.5. The van der Waals surface area contributed by atoms with Crippen LogP contribution in [0.5, 0.6) is 0 Å². The van der Waals surface area contributed by atoms with Crippen molar-refractivity contribution in [2.75, 3.05) is 6.54 Å². The molecule has 0 radical (unpaired) electrons. The van der Waals surface area contributed by atoms with Gasteiger partial charge >= 0.3 is 6.18 Å². The predicted octanol–water partition coefficient (Wildman–Crippen LogP) is 3.40. The Labute approximate surface area is 93.5 Å². The van der Waals surface area contributed by atoms with Gasteiger partial charge in [-0.1, -0.05) is 32.0 Å². The maximum atomic E-state index is 12.5. The summed E-state index contributed by atoms with van der Waals surface area (Å²) in [7, 11) is 0. The first kappa shape index (κ1) is 13.0. The van der Waals surface area contributed by atoms with Crippen LogP contribution in [0.2, 0.25) is 0 Å². The number of nitrogens with two attached hydrogens (primary N) is 1. The Hall–Kier alpha value is -1.03. The van der Waals surface area contributed by atoms with Crippen LogP contribution in [0.1, 0.15) is 30.9 Å². The summed E-state index contributed by atoms with van der Waals surface area (Å²) in [5.41, 5.74) is 5.60. The molecule has 0 spiro atoms. The lowest BCUT2D eigenvalue weighted by molar-refractivity contribution is -0.137. The molecule has 0 aliphatic heterocycles. The second kappa shape index (κ2) is 4.87. The van der Waals surface area contributed by atoms with Crippen molar-refractivity contribution in [3.63, 3.8) is 0 Å². The summed E-state index contributed by atoms with van der Waals surface area (Å²) < 4.78 is 37.5. The van der Waals surface area contributed by atoms with Gasteiger partial charge in [-0.2, -0.15) is 13.2 Å². The third kappa shape index (κ3) is 2.98. The molecule has 16 heavy (non-hydrogen) atoms. The molecule has 2 atom stereocenters. The standard InChI is InChI=1S/C12H16F3N/c1-8(7-16)9(2)10-4-3-5-11(6-10)12(13,14)15/h3-6,8-9H,7,16H2,1-2H3. The summed E-state index contributed by atoms with van der Waals surface area (Å²) >= 11 is 0. The zero-order valence-electron chi connectivity index (χ0n) is 9.38. The Morgan fingerprint density at radius 1 is 1.25 bits per heavy atom. The van der Waals surface area contributed by atoms with E-state index in [9.17, 15) is 13.2 Å². The highest BCUT2D eigenvalue weighted by Crippen LogP contribution is 2.32. The second-order valence-electron chi connectivity index (χ2n) is 4.12. The van der Waals surface area contributed by atoms with Crippen molar-refractivity contribution in [1.29, 1.82) is 0 Å². The average Bonchev–Trinajstić information content (AvgIpc) is 2.26. The van der Waals surface area contributed by atoms with Gasteiger partial charge in [0.25, 0.3) is 0 Å². The molecular weight excluding hydrogens is 215 g/mol. The van der Waals surface area contributed by atoms with Gasteiger partial charge in [0.15, 0.2) is 0 Å². The third-order valence-corrected chi connectivity index (χ3v) is 2.97. The zero-order chi connectivity index (χ0) is 12.3. The molecule has 0 heterocycles. The Balaban J connectivity index is 2.99. The first-order chi connectivity index (χ1) is 7.36. The van der Waals surface area contributed by atoms with Crippen LogP contribution in [-0.4, -0.2) is 6.54 Å². The van der Waals surface area contributed by atoms with Crippen LogP contribution < -0.4 is 5.73 Å². The van der Waals surface area contributed by atoms with Crippen LogP contribution in [0.15, 0.2) is 24.3 Å². The van der Waals surface area contributed by atoms with Gasteiger partial charge in [-0.05, 0) is 30.0 Å². The first-order valence-electron chi connectivity index (χ1n) is 5.23. The van der Waals surface area contributed by atoms with Crippen LogP contribution in [0.25, 0.3) is 0 Å². The van der Waals surface area contributed by atoms with E-state index in [0.29, 0.717) is 12.1 Å². The van der Waals surface area contributed by atoms with E-state index in [1.54, 1.807) is 6.07 Å². The summed E-state index contributed by atoms with van der Waals surface area (Å²) in [5.74, 6) is 0.204. The molecule has 1 rings (SSSR count). The molecule has 0 bridgehead atoms. The van der Waals surface area contributed by atoms with Crippen LogP contribution >= 0.6 is 0 Å². The topological polar surface area (TPSA) is 26.0 Å². The number of benzene rings is 1. The van der Waals surface area contributed by atoms with Crippen molar-refractivity contribution >= 4 is 0 Å². The normalized spacial score (nSPS) is 15.9. The van der Waals surface area contributed by atoms with Crippen molar-refractivity contribution < 1.29 is 13.2 Å². The highest BCUT2D eigenvalue weighted by atomic mass is 19.4. The minimum absolute atomic E-state index is 0.0345. The van der Waals surface area contributed by atoms with Gasteiger partial charge in [0, 0.05) is 0 Å². The van der Waals surface area contributed by atoms with Crippen molar-refractivity contribution in [3.05, 3.63) is 35.4 Å². The van der Waals surface area contributed by atoms with Gasteiger partial charge in [-0.25, -0.2) is 0 Å². The Kier molecular flexibility index (Phi) is 3.97. The van der Waals surface area contributed by atoms with Gasteiger partial charge in [0.1, 0.15) is 0 Å². The smallest absolute Gasteiger partial charge is 0.330 e. The monoisotopic (exact) mass is 231 g/mol. The van der Waals surface area contributed by atoms with Crippen molar-refractivity contribution in [1.82, 2.24) is 0 Å². The van der Waals surface area contributed by atoms with Crippen LogP contribution in [0.4, 0.5) is 13.2 Å². The van der Waals surface area contributed by atoms with Crippen molar-refractivity contribution in [2.45, 2.75) is 25.9 Å². The molecular formula is C12H16F3N. The molecule has 1 aromatic carbocycles. The number of halogens is 3. The lowest BCUT2D eigenvalue weighted by Gasteiger charge is -2.19. The molecule has 0 fully saturated rings. The van der Waals surface area contributed by atoms with Gasteiger partial charge in [-0.15, -0.1) is 0 Å². The van der Waals surface area contributed by atoms with E-state index in [-0.39, 0.29) is 11.8 Å². The Morgan fingerprint density at radius 3 is 2.38 bits per heavy atom. The summed E-state index contributed by atoms with van der Waals surface area (Å²) in [6, 6.07) is 5.45. The fraction of sp³-hybridized carbons (Fsp3) is 0.500. The van der Waals surface area contributed by atoms with Gasteiger partial charge in [0.05, 0.1) is 5.56 Å². The number of alkyl halides is 3. The van der Waals surface area contributed by atoms with Crippen LogP contribution in [-0.2, 0) is 6.18 Å². The van der Waals surface area contributed by atoms with Crippen molar-refractivity contribution in [3.8, 4) is 0 Å². The minimum Gasteiger partial charge on any atom is -0.330 e. The highest BCUT2D eigenvalue weighted by molar-refractivity contribution is 5.28. The van der Waals surface area contributed by atoms with E-state index in [2.05, 4.69) is 0 Å². The number of rotatable bonds is 3. The average molecular weight is 231 g/mol. The molecule has 0 aliphatic rings. The van der Waals surface area contributed by atoms with Gasteiger partial charge in [-0.3, -0.25) is 0 Å². The van der Waals surface area contributed by atoms with E-state index in [0.717, 1.165) is 6.07 Å². The molecule has 4 heteroatoms. The Morgan fingerprint density at radius 2 is 1.88 bits per heavy atom. The quantitative estimate of drug-likeness (QED) is 0.847. The van der Waals surface area contributed by atoms with Crippen molar-refractivity contribution in [2.24, 2.45) is 11.7 Å². The molecule has 2 unspecified atom stereocenters. The molecule has 0 aliphatic carbocycles. The SMILES string of the molecule is CC(CN)C(C)c1cccc(C(F)(F)F)c1. The molecule has 90 valence electrons. The fourth-order valence-electron chi connectivity index (χ4n) is 1.53. The molecule has 0 saturated heterocycles. The van der Waals surface area contributed by atoms with E-state index in [1.165, 1.54) is 12.1 Å².